The first-order valence-corrected chi connectivity index (χ1v) is 10.2. The van der Waals surface area contributed by atoms with Crippen LogP contribution in [0.15, 0.2) is 48.6 Å². The van der Waals surface area contributed by atoms with Crippen LogP contribution in [0.5, 0.6) is 11.5 Å². The molecule has 0 atom stereocenters. The molecule has 0 aliphatic carbocycles. The van der Waals surface area contributed by atoms with E-state index in [0.29, 0.717) is 23.5 Å². The van der Waals surface area contributed by atoms with E-state index in [0.717, 1.165) is 10.5 Å². The van der Waals surface area contributed by atoms with Crippen LogP contribution < -0.4 is 19.7 Å². The molecule has 6 nitrogen and oxygen atoms in total. The van der Waals surface area contributed by atoms with Gasteiger partial charge in [0.15, 0.2) is 16.6 Å². The number of benzene rings is 2. The van der Waals surface area contributed by atoms with Crippen LogP contribution in [-0.4, -0.2) is 31.1 Å². The van der Waals surface area contributed by atoms with Gasteiger partial charge < -0.3 is 9.47 Å². The number of carbonyl (C=O) groups excluding carboxylic acids is 2. The molecule has 1 fully saturated rings. The van der Waals surface area contributed by atoms with Crippen LogP contribution in [-0.2, 0) is 16.0 Å². The summed E-state index contributed by atoms with van der Waals surface area (Å²) in [5.41, 5.74) is 1.51. The number of halogens is 2. The van der Waals surface area contributed by atoms with Gasteiger partial charge >= 0.3 is 0 Å². The molecule has 1 N–H and O–H groups in total. The number of hydrogen-bond donors (Lipinski definition) is 1. The Bertz CT molecular complexity index is 1130. The molecule has 9 heteroatoms. The predicted octanol–water partition coefficient (Wildman–Crippen LogP) is 4.57. The third-order valence-corrected chi connectivity index (χ3v) is 5.62. The molecule has 0 saturated carbocycles. The zero-order valence-corrected chi connectivity index (χ0v) is 19.0. The SMILES string of the molecule is C=CCc1cc(/C=C2\C(=O)NC(=S)N(c3cccc(Cl)c3Cl)C2=O)cc(OC)c1OC. The highest BCUT2D eigenvalue weighted by atomic mass is 35.5. The van der Waals surface area contributed by atoms with Gasteiger partial charge in [0.05, 0.1) is 30.0 Å². The third kappa shape index (κ3) is 4.44. The molecule has 0 spiro atoms. The number of carbonyl (C=O) groups is 2. The summed E-state index contributed by atoms with van der Waals surface area (Å²) < 4.78 is 10.8. The van der Waals surface area contributed by atoms with Gasteiger partial charge in [0.2, 0.25) is 0 Å². The smallest absolute Gasteiger partial charge is 0.270 e. The van der Waals surface area contributed by atoms with Crippen LogP contribution in [0.4, 0.5) is 5.69 Å². The lowest BCUT2D eigenvalue weighted by Crippen LogP contribution is -2.54. The Morgan fingerprint density at radius 2 is 1.94 bits per heavy atom. The second-order valence-corrected chi connectivity index (χ2v) is 7.61. The van der Waals surface area contributed by atoms with E-state index in [1.165, 1.54) is 20.3 Å². The molecule has 0 bridgehead atoms. The van der Waals surface area contributed by atoms with Gasteiger partial charge in [0.25, 0.3) is 11.8 Å². The van der Waals surface area contributed by atoms with Gasteiger partial charge in [-0.1, -0.05) is 35.3 Å². The largest absolute Gasteiger partial charge is 0.493 e. The van der Waals surface area contributed by atoms with Gasteiger partial charge in [0.1, 0.15) is 5.57 Å². The second-order valence-electron chi connectivity index (χ2n) is 6.44. The summed E-state index contributed by atoms with van der Waals surface area (Å²) in [6.45, 7) is 3.75. The van der Waals surface area contributed by atoms with E-state index >= 15 is 0 Å². The topological polar surface area (TPSA) is 67.9 Å². The van der Waals surface area contributed by atoms with E-state index in [2.05, 4.69) is 11.9 Å². The van der Waals surface area contributed by atoms with Crippen molar-refractivity contribution in [1.82, 2.24) is 5.32 Å². The lowest BCUT2D eigenvalue weighted by Gasteiger charge is -2.29. The van der Waals surface area contributed by atoms with E-state index < -0.39 is 11.8 Å². The van der Waals surface area contributed by atoms with E-state index in [9.17, 15) is 9.59 Å². The predicted molar refractivity (Wildman–Crippen MR) is 126 cm³/mol. The van der Waals surface area contributed by atoms with Crippen molar-refractivity contribution in [2.75, 3.05) is 19.1 Å². The molecular formula is C22H18Cl2N2O4S. The maximum absolute atomic E-state index is 13.2. The first kappa shape index (κ1) is 22.8. The van der Waals surface area contributed by atoms with Crippen LogP contribution in [0.2, 0.25) is 10.0 Å². The number of nitrogens with one attached hydrogen (secondary N) is 1. The monoisotopic (exact) mass is 476 g/mol. The van der Waals surface area contributed by atoms with Crippen molar-refractivity contribution in [2.24, 2.45) is 0 Å². The Balaban J connectivity index is 2.11. The van der Waals surface area contributed by atoms with Gasteiger partial charge in [0, 0.05) is 5.56 Å². The Hall–Kier alpha value is -2.87. The molecule has 1 saturated heterocycles. The van der Waals surface area contributed by atoms with Crippen molar-refractivity contribution in [2.45, 2.75) is 6.42 Å². The quantitative estimate of drug-likeness (QED) is 0.286. The van der Waals surface area contributed by atoms with E-state index in [1.54, 1.807) is 36.4 Å². The number of anilines is 1. The molecule has 2 aromatic carbocycles. The normalized spacial score (nSPS) is 15.2. The highest BCUT2D eigenvalue weighted by Crippen LogP contribution is 2.36. The number of hydrogen-bond acceptors (Lipinski definition) is 5. The minimum Gasteiger partial charge on any atom is -0.493 e. The number of ether oxygens (including phenoxy) is 2. The summed E-state index contributed by atoms with van der Waals surface area (Å²) in [6, 6.07) is 8.27. The molecule has 3 rings (SSSR count). The average molecular weight is 477 g/mol. The van der Waals surface area contributed by atoms with Crippen LogP contribution in [0.25, 0.3) is 6.08 Å². The maximum atomic E-state index is 13.2. The van der Waals surface area contributed by atoms with Crippen LogP contribution >= 0.6 is 35.4 Å². The summed E-state index contributed by atoms with van der Waals surface area (Å²) in [7, 11) is 3.04. The molecule has 31 heavy (non-hydrogen) atoms. The molecule has 0 aromatic heterocycles. The molecular weight excluding hydrogens is 459 g/mol. The molecule has 0 unspecified atom stereocenters. The van der Waals surface area contributed by atoms with Gasteiger partial charge in [-0.2, -0.15) is 0 Å². The average Bonchev–Trinajstić information content (AvgIpc) is 2.73. The highest BCUT2D eigenvalue weighted by Gasteiger charge is 2.35. The molecule has 0 radical (unpaired) electrons. The minimum absolute atomic E-state index is 0.0871. The Labute approximate surface area is 195 Å². The van der Waals surface area contributed by atoms with Crippen molar-refractivity contribution in [3.63, 3.8) is 0 Å². The van der Waals surface area contributed by atoms with E-state index in [-0.39, 0.29) is 26.4 Å². The van der Waals surface area contributed by atoms with Gasteiger partial charge in [-0.3, -0.25) is 19.8 Å². The molecule has 160 valence electrons. The number of thiocarbonyl (C=S) groups is 1. The fourth-order valence-corrected chi connectivity index (χ4v) is 3.82. The number of amides is 2. The summed E-state index contributed by atoms with van der Waals surface area (Å²) in [4.78, 5) is 27.0. The van der Waals surface area contributed by atoms with Gasteiger partial charge in [-0.15, -0.1) is 6.58 Å². The van der Waals surface area contributed by atoms with Crippen LogP contribution in [0.1, 0.15) is 11.1 Å². The van der Waals surface area contributed by atoms with Crippen molar-refractivity contribution >= 4 is 64.1 Å². The first-order chi connectivity index (χ1) is 14.8. The zero-order chi connectivity index (χ0) is 22.7. The number of nitrogens with zero attached hydrogens (tertiary/aromatic N) is 1. The summed E-state index contributed by atoms with van der Waals surface area (Å²) in [6.07, 6.45) is 3.68. The fraction of sp³-hybridized carbons (Fsp3) is 0.136. The zero-order valence-electron chi connectivity index (χ0n) is 16.7. The third-order valence-electron chi connectivity index (χ3n) is 4.53. The van der Waals surface area contributed by atoms with Crippen LogP contribution in [0.3, 0.4) is 0 Å². The number of rotatable bonds is 6. The summed E-state index contributed by atoms with van der Waals surface area (Å²) in [5.74, 6) is -0.234. The first-order valence-electron chi connectivity index (χ1n) is 9.03. The standard InChI is InChI=1S/C22H18Cl2N2O4S/c1-4-6-13-9-12(11-17(29-2)19(13)30-3)10-14-20(27)25-22(31)26(21(14)28)16-8-5-7-15(23)18(16)24/h4-5,7-11H,1,6H2,2-3H3,(H,25,27,31)/b14-10+. The lowest BCUT2D eigenvalue weighted by molar-refractivity contribution is -0.122. The van der Waals surface area contributed by atoms with Crippen molar-refractivity contribution < 1.29 is 19.1 Å². The molecule has 2 aromatic rings. The number of methoxy groups -OCH3 is 2. The van der Waals surface area contributed by atoms with E-state index in [4.69, 9.17) is 44.9 Å². The van der Waals surface area contributed by atoms with Crippen molar-refractivity contribution in [3.05, 3.63) is 69.7 Å². The molecule has 2 amide bonds. The Morgan fingerprint density at radius 3 is 2.58 bits per heavy atom. The van der Waals surface area contributed by atoms with Crippen molar-refractivity contribution in [3.8, 4) is 11.5 Å². The molecule has 1 aliphatic heterocycles. The lowest BCUT2D eigenvalue weighted by atomic mass is 10.0. The number of allylic oxidation sites excluding steroid dienone is 1. The van der Waals surface area contributed by atoms with Crippen LogP contribution in [0, 0.1) is 0 Å². The minimum atomic E-state index is -0.627. The molecule has 1 aliphatic rings. The van der Waals surface area contributed by atoms with Gasteiger partial charge in [-0.25, -0.2) is 0 Å². The van der Waals surface area contributed by atoms with Gasteiger partial charge in [-0.05, 0) is 54.5 Å². The summed E-state index contributed by atoms with van der Waals surface area (Å²) >= 11 is 17.6. The Kier molecular flexibility index (Phi) is 7.00. The van der Waals surface area contributed by atoms with Crippen molar-refractivity contribution in [1.29, 1.82) is 0 Å². The maximum Gasteiger partial charge on any atom is 0.270 e. The van der Waals surface area contributed by atoms with E-state index in [1.807, 2.05) is 0 Å². The second kappa shape index (κ2) is 9.51. The molecule has 1 heterocycles. The summed E-state index contributed by atoms with van der Waals surface area (Å²) in [5, 5.41) is 2.84. The fourth-order valence-electron chi connectivity index (χ4n) is 3.17. The highest BCUT2D eigenvalue weighted by molar-refractivity contribution is 7.80. The Morgan fingerprint density at radius 1 is 1.19 bits per heavy atom.